The van der Waals surface area contributed by atoms with Crippen LogP contribution in [0.15, 0.2) is 12.4 Å². The Balaban J connectivity index is 1.89. The monoisotopic (exact) mass is 265 g/mol. The Kier molecular flexibility index (Phi) is 5.86. The van der Waals surface area contributed by atoms with Gasteiger partial charge in [0.05, 0.1) is 18.8 Å². The van der Waals surface area contributed by atoms with Gasteiger partial charge in [0.2, 0.25) is 0 Å². The highest BCUT2D eigenvalue weighted by Gasteiger charge is 2.16. The van der Waals surface area contributed by atoms with Crippen molar-refractivity contribution in [1.29, 1.82) is 0 Å². The van der Waals surface area contributed by atoms with Crippen molar-refractivity contribution in [3.05, 3.63) is 18.0 Å². The molecular formula is C15H27N3O. The van der Waals surface area contributed by atoms with Gasteiger partial charge in [-0.15, -0.1) is 0 Å². The first-order valence-electron chi connectivity index (χ1n) is 7.70. The van der Waals surface area contributed by atoms with Crippen molar-refractivity contribution in [2.24, 2.45) is 0 Å². The number of aromatic nitrogens is 2. The fourth-order valence-corrected chi connectivity index (χ4v) is 2.64. The van der Waals surface area contributed by atoms with Crippen LogP contribution in [-0.2, 0) is 11.3 Å². The summed E-state index contributed by atoms with van der Waals surface area (Å²) in [5.41, 5.74) is 1.30. The molecule has 0 saturated carbocycles. The minimum atomic E-state index is 0.352. The van der Waals surface area contributed by atoms with Gasteiger partial charge in [0.25, 0.3) is 0 Å². The van der Waals surface area contributed by atoms with Gasteiger partial charge in [0, 0.05) is 24.4 Å². The fraction of sp³-hybridized carbons (Fsp3) is 0.800. The Morgan fingerprint density at radius 2 is 2.37 bits per heavy atom. The normalized spacial score (nSPS) is 21.5. The topological polar surface area (TPSA) is 39.1 Å². The highest BCUT2D eigenvalue weighted by molar-refractivity contribution is 5.10. The van der Waals surface area contributed by atoms with Crippen LogP contribution in [0.2, 0.25) is 0 Å². The Morgan fingerprint density at radius 3 is 3.05 bits per heavy atom. The second kappa shape index (κ2) is 7.65. The zero-order valence-electron chi connectivity index (χ0n) is 12.3. The molecule has 2 rings (SSSR count). The summed E-state index contributed by atoms with van der Waals surface area (Å²) < 4.78 is 7.81. The molecule has 0 amide bonds. The van der Waals surface area contributed by atoms with Gasteiger partial charge in [-0.05, 0) is 38.6 Å². The van der Waals surface area contributed by atoms with E-state index in [1.54, 1.807) is 0 Å². The molecule has 4 heteroatoms. The van der Waals surface area contributed by atoms with Crippen molar-refractivity contribution < 1.29 is 4.74 Å². The van der Waals surface area contributed by atoms with Crippen LogP contribution in [0.25, 0.3) is 0 Å². The Morgan fingerprint density at radius 1 is 1.47 bits per heavy atom. The quantitative estimate of drug-likeness (QED) is 0.824. The van der Waals surface area contributed by atoms with E-state index in [1.165, 1.54) is 31.2 Å². The van der Waals surface area contributed by atoms with Gasteiger partial charge < -0.3 is 10.1 Å². The molecule has 19 heavy (non-hydrogen) atoms. The zero-order valence-corrected chi connectivity index (χ0v) is 12.3. The maximum absolute atomic E-state index is 5.77. The lowest BCUT2D eigenvalue weighted by Gasteiger charge is -2.22. The minimum absolute atomic E-state index is 0.352. The van der Waals surface area contributed by atoms with Crippen LogP contribution in [0, 0.1) is 0 Å². The van der Waals surface area contributed by atoms with E-state index in [4.69, 9.17) is 4.74 Å². The van der Waals surface area contributed by atoms with Crippen LogP contribution in [0.4, 0.5) is 0 Å². The minimum Gasteiger partial charge on any atom is -0.376 e. The second-order valence-electron chi connectivity index (χ2n) is 5.40. The van der Waals surface area contributed by atoms with Gasteiger partial charge in [-0.2, -0.15) is 5.10 Å². The summed E-state index contributed by atoms with van der Waals surface area (Å²) in [7, 11) is 0. The Bertz CT molecular complexity index is 358. The van der Waals surface area contributed by atoms with Crippen LogP contribution >= 0.6 is 0 Å². The van der Waals surface area contributed by atoms with E-state index in [-0.39, 0.29) is 0 Å². The van der Waals surface area contributed by atoms with E-state index in [9.17, 15) is 0 Å². The molecule has 0 aromatic carbocycles. The standard InChI is InChI=1S/C15H27N3O/c1-3-8-16-15(4-2)13-10-17-18(11-13)12-14-7-5-6-9-19-14/h10-11,14-16H,3-9,12H2,1-2H3. The first-order chi connectivity index (χ1) is 9.33. The first-order valence-corrected chi connectivity index (χ1v) is 7.70. The largest absolute Gasteiger partial charge is 0.376 e. The van der Waals surface area contributed by atoms with E-state index < -0.39 is 0 Å². The Hall–Kier alpha value is -0.870. The second-order valence-corrected chi connectivity index (χ2v) is 5.40. The summed E-state index contributed by atoms with van der Waals surface area (Å²) in [5.74, 6) is 0. The third-order valence-electron chi connectivity index (χ3n) is 3.77. The maximum Gasteiger partial charge on any atom is 0.0770 e. The molecule has 1 saturated heterocycles. The predicted molar refractivity (Wildman–Crippen MR) is 77.1 cm³/mol. The van der Waals surface area contributed by atoms with E-state index in [1.807, 2.05) is 10.9 Å². The molecule has 2 unspecified atom stereocenters. The molecular weight excluding hydrogens is 238 g/mol. The average Bonchev–Trinajstić information content (AvgIpc) is 2.89. The third-order valence-corrected chi connectivity index (χ3v) is 3.77. The summed E-state index contributed by atoms with van der Waals surface area (Å²) in [5, 5.41) is 8.05. The van der Waals surface area contributed by atoms with Crippen LogP contribution in [0.3, 0.4) is 0 Å². The van der Waals surface area contributed by atoms with Crippen molar-refractivity contribution in [2.75, 3.05) is 13.2 Å². The molecule has 1 aliphatic rings. The highest BCUT2D eigenvalue weighted by Crippen LogP contribution is 2.18. The van der Waals surface area contributed by atoms with Gasteiger partial charge in [0.15, 0.2) is 0 Å². The Labute approximate surface area is 116 Å². The van der Waals surface area contributed by atoms with Crippen molar-refractivity contribution in [3.63, 3.8) is 0 Å². The number of hydrogen-bond donors (Lipinski definition) is 1. The average molecular weight is 265 g/mol. The number of rotatable bonds is 7. The van der Waals surface area contributed by atoms with Crippen molar-refractivity contribution in [1.82, 2.24) is 15.1 Å². The lowest BCUT2D eigenvalue weighted by atomic mass is 10.1. The summed E-state index contributed by atoms with van der Waals surface area (Å²) in [6.45, 7) is 7.28. The molecule has 2 atom stereocenters. The molecule has 1 aliphatic heterocycles. The lowest BCUT2D eigenvalue weighted by molar-refractivity contribution is 0.00398. The number of nitrogens with one attached hydrogen (secondary N) is 1. The SMILES string of the molecule is CCCNC(CC)c1cnn(CC2CCCCO2)c1. The molecule has 0 spiro atoms. The third kappa shape index (κ3) is 4.32. The fourth-order valence-electron chi connectivity index (χ4n) is 2.64. The molecule has 0 radical (unpaired) electrons. The van der Waals surface area contributed by atoms with Gasteiger partial charge in [0.1, 0.15) is 0 Å². The predicted octanol–water partition coefficient (Wildman–Crippen LogP) is 2.90. The van der Waals surface area contributed by atoms with Gasteiger partial charge in [-0.1, -0.05) is 13.8 Å². The van der Waals surface area contributed by atoms with E-state index in [0.29, 0.717) is 12.1 Å². The molecule has 108 valence electrons. The number of nitrogens with zero attached hydrogens (tertiary/aromatic N) is 2. The van der Waals surface area contributed by atoms with Gasteiger partial charge in [-0.3, -0.25) is 4.68 Å². The van der Waals surface area contributed by atoms with E-state index >= 15 is 0 Å². The molecule has 0 aliphatic carbocycles. The van der Waals surface area contributed by atoms with Crippen LogP contribution in [0.5, 0.6) is 0 Å². The van der Waals surface area contributed by atoms with Crippen LogP contribution in [-0.4, -0.2) is 29.0 Å². The highest BCUT2D eigenvalue weighted by atomic mass is 16.5. The van der Waals surface area contributed by atoms with Crippen LogP contribution < -0.4 is 5.32 Å². The summed E-state index contributed by atoms with van der Waals surface area (Å²) in [6.07, 6.45) is 10.5. The molecule has 0 bridgehead atoms. The summed E-state index contributed by atoms with van der Waals surface area (Å²) >= 11 is 0. The molecule has 1 aromatic rings. The molecule has 2 heterocycles. The smallest absolute Gasteiger partial charge is 0.0770 e. The van der Waals surface area contributed by atoms with Gasteiger partial charge in [-0.25, -0.2) is 0 Å². The van der Waals surface area contributed by atoms with Crippen molar-refractivity contribution in [2.45, 2.75) is 64.6 Å². The zero-order chi connectivity index (χ0) is 13.5. The molecule has 1 fully saturated rings. The van der Waals surface area contributed by atoms with Crippen molar-refractivity contribution >= 4 is 0 Å². The number of ether oxygens (including phenoxy) is 1. The van der Waals surface area contributed by atoms with E-state index in [2.05, 4.69) is 30.5 Å². The molecule has 4 nitrogen and oxygen atoms in total. The van der Waals surface area contributed by atoms with Gasteiger partial charge >= 0.3 is 0 Å². The number of hydrogen-bond acceptors (Lipinski definition) is 3. The lowest BCUT2D eigenvalue weighted by Crippen LogP contribution is -2.24. The molecule has 1 N–H and O–H groups in total. The first kappa shape index (κ1) is 14.5. The summed E-state index contributed by atoms with van der Waals surface area (Å²) in [6, 6.07) is 0.431. The maximum atomic E-state index is 5.77. The van der Waals surface area contributed by atoms with E-state index in [0.717, 1.165) is 26.1 Å². The van der Waals surface area contributed by atoms with Crippen molar-refractivity contribution in [3.8, 4) is 0 Å². The van der Waals surface area contributed by atoms with Crippen LogP contribution in [0.1, 0.15) is 57.6 Å². The summed E-state index contributed by atoms with van der Waals surface area (Å²) in [4.78, 5) is 0. The molecule has 1 aromatic heterocycles.